The fraction of sp³-hybridized carbons (Fsp3) is 0.263. The Morgan fingerprint density at radius 1 is 1.15 bits per heavy atom. The number of hydrogen-bond acceptors (Lipinski definition) is 3. The van der Waals surface area contributed by atoms with E-state index in [4.69, 9.17) is 40.2 Å². The van der Waals surface area contributed by atoms with Gasteiger partial charge in [0.25, 0.3) is 5.91 Å². The number of halogens is 2. The minimum Gasteiger partial charge on any atom is -0.494 e. The van der Waals surface area contributed by atoms with E-state index < -0.39 is 0 Å². The lowest BCUT2D eigenvalue weighted by Gasteiger charge is -2.12. The number of hydrogen-bond donors (Lipinski definition) is 2. The first kappa shape index (κ1) is 20.5. The Balaban J connectivity index is 1.90. The van der Waals surface area contributed by atoms with Gasteiger partial charge in [0.1, 0.15) is 5.75 Å². The van der Waals surface area contributed by atoms with Gasteiger partial charge in [-0.1, -0.05) is 37.0 Å². The number of amides is 1. The van der Waals surface area contributed by atoms with Gasteiger partial charge in [0.15, 0.2) is 5.11 Å². The van der Waals surface area contributed by atoms with Crippen molar-refractivity contribution in [2.45, 2.75) is 20.3 Å². The molecule has 0 aliphatic carbocycles. The fourth-order valence-electron chi connectivity index (χ4n) is 2.04. The van der Waals surface area contributed by atoms with Crippen LogP contribution in [0.1, 0.15) is 30.6 Å². The molecule has 0 heterocycles. The summed E-state index contributed by atoms with van der Waals surface area (Å²) in [7, 11) is 0. The van der Waals surface area contributed by atoms with Crippen LogP contribution in [0.3, 0.4) is 0 Å². The second kappa shape index (κ2) is 9.76. The van der Waals surface area contributed by atoms with Crippen LogP contribution in [0, 0.1) is 5.92 Å². The van der Waals surface area contributed by atoms with Crippen molar-refractivity contribution in [1.29, 1.82) is 0 Å². The van der Waals surface area contributed by atoms with E-state index in [-0.39, 0.29) is 11.0 Å². The van der Waals surface area contributed by atoms with Gasteiger partial charge in [-0.25, -0.2) is 0 Å². The van der Waals surface area contributed by atoms with Crippen molar-refractivity contribution in [3.8, 4) is 5.75 Å². The zero-order valence-corrected chi connectivity index (χ0v) is 16.8. The molecule has 0 saturated carbocycles. The van der Waals surface area contributed by atoms with Gasteiger partial charge < -0.3 is 10.1 Å². The van der Waals surface area contributed by atoms with E-state index >= 15 is 0 Å². The van der Waals surface area contributed by atoms with Crippen molar-refractivity contribution in [3.05, 3.63) is 58.1 Å². The van der Waals surface area contributed by atoms with E-state index in [0.717, 1.165) is 12.2 Å². The maximum absolute atomic E-state index is 12.3. The van der Waals surface area contributed by atoms with Gasteiger partial charge in [0.2, 0.25) is 0 Å². The summed E-state index contributed by atoms with van der Waals surface area (Å²) in [4.78, 5) is 12.3. The number of nitrogens with one attached hydrogen (secondary N) is 2. The molecule has 0 unspecified atom stereocenters. The fourth-order valence-corrected chi connectivity index (χ4v) is 2.58. The normalized spacial score (nSPS) is 10.5. The van der Waals surface area contributed by atoms with Crippen LogP contribution in [0.2, 0.25) is 10.0 Å². The van der Waals surface area contributed by atoms with Gasteiger partial charge in [0, 0.05) is 10.6 Å². The van der Waals surface area contributed by atoms with Gasteiger partial charge in [-0.05, 0) is 67.0 Å². The number of carbonyl (C=O) groups excluding carboxylic acids is 1. The van der Waals surface area contributed by atoms with Crippen LogP contribution < -0.4 is 15.4 Å². The molecule has 2 rings (SSSR count). The molecule has 0 spiro atoms. The predicted molar refractivity (Wildman–Crippen MR) is 112 cm³/mol. The molecule has 26 heavy (non-hydrogen) atoms. The summed E-state index contributed by atoms with van der Waals surface area (Å²) in [6.07, 6.45) is 0.980. The molecule has 2 N–H and O–H groups in total. The number of benzene rings is 2. The third-order valence-corrected chi connectivity index (χ3v) is 4.25. The molecule has 0 aliphatic heterocycles. The highest BCUT2D eigenvalue weighted by Crippen LogP contribution is 2.25. The Labute approximate surface area is 168 Å². The highest BCUT2D eigenvalue weighted by Gasteiger charge is 2.10. The number of thiocarbonyl (C=S) groups is 1. The summed E-state index contributed by atoms with van der Waals surface area (Å²) in [5, 5.41) is 6.57. The van der Waals surface area contributed by atoms with Crippen LogP contribution in [0.5, 0.6) is 5.75 Å². The molecule has 0 radical (unpaired) electrons. The molecule has 0 saturated heterocycles. The number of anilines is 1. The minimum absolute atomic E-state index is 0.136. The zero-order valence-electron chi connectivity index (χ0n) is 14.5. The van der Waals surface area contributed by atoms with Crippen molar-refractivity contribution in [3.63, 3.8) is 0 Å². The topological polar surface area (TPSA) is 50.4 Å². The number of rotatable bonds is 6. The molecule has 0 aromatic heterocycles. The lowest BCUT2D eigenvalue weighted by atomic mass is 10.1. The average Bonchev–Trinajstić information content (AvgIpc) is 2.58. The molecule has 0 bridgehead atoms. The molecular weight excluding hydrogens is 391 g/mol. The molecule has 0 fully saturated rings. The summed E-state index contributed by atoms with van der Waals surface area (Å²) in [5.74, 6) is 0.990. The zero-order chi connectivity index (χ0) is 19.1. The molecule has 0 atom stereocenters. The van der Waals surface area contributed by atoms with Crippen molar-refractivity contribution in [2.75, 3.05) is 11.9 Å². The van der Waals surface area contributed by atoms with E-state index in [1.807, 2.05) is 0 Å². The number of carbonyl (C=O) groups is 1. The van der Waals surface area contributed by atoms with Gasteiger partial charge in [-0.15, -0.1) is 0 Å². The third-order valence-electron chi connectivity index (χ3n) is 3.48. The second-order valence-corrected chi connectivity index (χ2v) is 7.34. The first-order valence-electron chi connectivity index (χ1n) is 8.15. The van der Waals surface area contributed by atoms with Crippen LogP contribution in [0.15, 0.2) is 42.5 Å². The molecule has 1 amide bonds. The summed E-state index contributed by atoms with van der Waals surface area (Å²) in [5.41, 5.74) is 1.00. The molecular formula is C19H20Cl2N2O2S. The lowest BCUT2D eigenvalue weighted by Crippen LogP contribution is -2.34. The average molecular weight is 411 g/mol. The van der Waals surface area contributed by atoms with E-state index in [9.17, 15) is 4.79 Å². The van der Waals surface area contributed by atoms with E-state index in [1.165, 1.54) is 0 Å². The van der Waals surface area contributed by atoms with Crippen molar-refractivity contribution in [2.24, 2.45) is 5.92 Å². The van der Waals surface area contributed by atoms with Gasteiger partial charge in [0.05, 0.1) is 17.3 Å². The van der Waals surface area contributed by atoms with Crippen molar-refractivity contribution in [1.82, 2.24) is 5.32 Å². The van der Waals surface area contributed by atoms with Crippen molar-refractivity contribution < 1.29 is 9.53 Å². The quantitative estimate of drug-likeness (QED) is 0.613. The third kappa shape index (κ3) is 6.48. The standard InChI is InChI=1S/C19H20Cl2N2O2S/c1-12(2)9-10-25-15-6-3-13(4-7-15)18(24)23-19(26)22-17-11-14(20)5-8-16(17)21/h3-8,11-12H,9-10H2,1-2H3,(H2,22,23,24,26). The predicted octanol–water partition coefficient (Wildman–Crippen LogP) is 5.55. The molecule has 138 valence electrons. The molecule has 7 heteroatoms. The van der Waals surface area contributed by atoms with Crippen LogP contribution in [-0.4, -0.2) is 17.6 Å². The molecule has 2 aromatic carbocycles. The monoisotopic (exact) mass is 410 g/mol. The Bertz CT molecular complexity index is 780. The largest absolute Gasteiger partial charge is 0.494 e. The van der Waals surface area contributed by atoms with Gasteiger partial charge in [-0.3, -0.25) is 10.1 Å². The first-order chi connectivity index (χ1) is 12.3. The lowest BCUT2D eigenvalue weighted by molar-refractivity contribution is 0.0977. The highest BCUT2D eigenvalue weighted by atomic mass is 35.5. The van der Waals surface area contributed by atoms with Crippen LogP contribution in [0.4, 0.5) is 5.69 Å². The van der Waals surface area contributed by atoms with Gasteiger partial charge in [-0.2, -0.15) is 0 Å². The minimum atomic E-state index is -0.325. The SMILES string of the molecule is CC(C)CCOc1ccc(C(=O)NC(=S)Nc2cc(Cl)ccc2Cl)cc1. The van der Waals surface area contributed by atoms with E-state index in [1.54, 1.807) is 42.5 Å². The summed E-state index contributed by atoms with van der Waals surface area (Å²) in [6.45, 7) is 4.94. The van der Waals surface area contributed by atoms with Crippen LogP contribution >= 0.6 is 35.4 Å². The van der Waals surface area contributed by atoms with Crippen molar-refractivity contribution >= 4 is 52.1 Å². The van der Waals surface area contributed by atoms with E-state index in [2.05, 4.69) is 24.5 Å². The summed E-state index contributed by atoms with van der Waals surface area (Å²) >= 11 is 17.1. The molecule has 0 aliphatic rings. The smallest absolute Gasteiger partial charge is 0.257 e. The molecule has 4 nitrogen and oxygen atoms in total. The van der Waals surface area contributed by atoms with Crippen LogP contribution in [-0.2, 0) is 0 Å². The van der Waals surface area contributed by atoms with Gasteiger partial charge >= 0.3 is 0 Å². The first-order valence-corrected chi connectivity index (χ1v) is 9.32. The summed E-state index contributed by atoms with van der Waals surface area (Å²) < 4.78 is 5.64. The Morgan fingerprint density at radius 2 is 1.85 bits per heavy atom. The Hall–Kier alpha value is -1.82. The maximum Gasteiger partial charge on any atom is 0.257 e. The maximum atomic E-state index is 12.3. The Morgan fingerprint density at radius 3 is 2.50 bits per heavy atom. The highest BCUT2D eigenvalue weighted by molar-refractivity contribution is 7.80. The van der Waals surface area contributed by atoms with Crippen LogP contribution in [0.25, 0.3) is 0 Å². The number of ether oxygens (including phenoxy) is 1. The Kier molecular flexibility index (Phi) is 7.69. The summed E-state index contributed by atoms with van der Waals surface area (Å²) in [6, 6.07) is 11.9. The molecule has 2 aromatic rings. The van der Waals surface area contributed by atoms with E-state index in [0.29, 0.717) is 33.8 Å². The second-order valence-electron chi connectivity index (χ2n) is 6.09.